The smallest absolute Gasteiger partial charge is 0.338 e. The molecule has 13 heteroatoms. The average Bonchev–Trinajstić information content (AvgIpc) is 3.64. The fourth-order valence-corrected chi connectivity index (χ4v) is 5.52. The van der Waals surface area contributed by atoms with Gasteiger partial charge in [0.1, 0.15) is 19.0 Å². The number of amides is 2. The second-order valence-corrected chi connectivity index (χ2v) is 11.8. The predicted octanol–water partition coefficient (Wildman–Crippen LogP) is 6.27. The number of carbonyl (C=O) groups is 5. The van der Waals surface area contributed by atoms with Gasteiger partial charge in [0.2, 0.25) is 5.91 Å². The number of benzene rings is 5. The van der Waals surface area contributed by atoms with E-state index in [4.69, 9.17) is 9.47 Å². The second kappa shape index (κ2) is 16.2. The molecule has 0 aliphatic rings. The number of carbonyl (C=O) groups excluding carboxylic acids is 4. The molecule has 0 aliphatic heterocycles. The van der Waals surface area contributed by atoms with Crippen LogP contribution in [0, 0.1) is 5.82 Å². The first-order chi connectivity index (χ1) is 25.7. The predicted molar refractivity (Wildman–Crippen MR) is 191 cm³/mol. The van der Waals surface area contributed by atoms with E-state index < -0.39 is 48.0 Å². The van der Waals surface area contributed by atoms with E-state index in [1.165, 1.54) is 54.9 Å². The number of nitrogens with one attached hydrogen (secondary N) is 3. The Morgan fingerprint density at radius 1 is 0.736 bits per heavy atom. The van der Waals surface area contributed by atoms with Crippen LogP contribution in [0.4, 0.5) is 10.1 Å². The zero-order valence-corrected chi connectivity index (χ0v) is 27.9. The number of H-pyrrole nitrogens is 1. The minimum atomic E-state index is -1.37. The molecule has 5 aromatic carbocycles. The Morgan fingerprint density at radius 3 is 1.91 bits per heavy atom. The third-order valence-corrected chi connectivity index (χ3v) is 8.20. The Morgan fingerprint density at radius 2 is 1.32 bits per heavy atom. The number of rotatable bonds is 13. The third-order valence-electron chi connectivity index (χ3n) is 8.20. The monoisotopic (exact) mass is 714 g/mol. The summed E-state index contributed by atoms with van der Waals surface area (Å²) in [6.45, 7) is -0.584. The molecule has 53 heavy (non-hydrogen) atoms. The topological polar surface area (TPSA) is 177 Å². The van der Waals surface area contributed by atoms with Gasteiger partial charge in [-0.05, 0) is 47.5 Å². The normalized spacial score (nSPS) is 11.3. The van der Waals surface area contributed by atoms with Gasteiger partial charge < -0.3 is 30.2 Å². The van der Waals surface area contributed by atoms with Gasteiger partial charge in [0.15, 0.2) is 0 Å². The molecule has 266 valence electrons. The first-order valence-electron chi connectivity index (χ1n) is 16.3. The van der Waals surface area contributed by atoms with Gasteiger partial charge in [0.05, 0.1) is 45.5 Å². The number of anilines is 1. The van der Waals surface area contributed by atoms with E-state index in [2.05, 4.69) is 20.6 Å². The largest absolute Gasteiger partial charge is 0.478 e. The van der Waals surface area contributed by atoms with Gasteiger partial charge in [-0.15, -0.1) is 0 Å². The van der Waals surface area contributed by atoms with Gasteiger partial charge in [-0.25, -0.2) is 23.8 Å². The molecule has 6 aromatic rings. The molecule has 0 saturated carbocycles. The molecule has 0 saturated heterocycles. The van der Waals surface area contributed by atoms with Gasteiger partial charge in [-0.3, -0.25) is 9.59 Å². The van der Waals surface area contributed by atoms with E-state index in [1.807, 2.05) is 12.1 Å². The van der Waals surface area contributed by atoms with Gasteiger partial charge >= 0.3 is 17.9 Å². The number of carboxylic acid groups (broad SMARTS) is 1. The molecule has 1 aromatic heterocycles. The minimum absolute atomic E-state index is 0.0133. The molecule has 12 nitrogen and oxygen atoms in total. The lowest BCUT2D eigenvalue weighted by Crippen LogP contribution is -2.35. The summed E-state index contributed by atoms with van der Waals surface area (Å²) >= 11 is 0. The highest BCUT2D eigenvalue weighted by molar-refractivity contribution is 6.08. The number of aromatic nitrogens is 2. The molecule has 6 rings (SSSR count). The van der Waals surface area contributed by atoms with Crippen LogP contribution in [-0.2, 0) is 27.5 Å². The summed E-state index contributed by atoms with van der Waals surface area (Å²) in [7, 11) is 0. The maximum Gasteiger partial charge on any atom is 0.338 e. The Hall–Kier alpha value is -7.15. The SMILES string of the molecule is O=C(OCc1ccccc1)c1cc(NC(=O)C(CNC(=O)c2cc3nc[nH]c3cc2C(=O)O)c2ccccc2F)cc(C(=O)OCc2ccccc2)c1. The molecule has 2 amide bonds. The summed E-state index contributed by atoms with van der Waals surface area (Å²) in [5, 5.41) is 15.0. The van der Waals surface area contributed by atoms with Gasteiger partial charge in [0.25, 0.3) is 5.91 Å². The van der Waals surface area contributed by atoms with Crippen LogP contribution in [0.2, 0.25) is 0 Å². The number of esters is 2. The molecular formula is C40H31FN4O8. The van der Waals surface area contributed by atoms with Crippen molar-refractivity contribution in [3.63, 3.8) is 0 Å². The number of carboxylic acids is 1. The van der Waals surface area contributed by atoms with Crippen molar-refractivity contribution >= 4 is 46.4 Å². The lowest BCUT2D eigenvalue weighted by Gasteiger charge is -2.19. The summed E-state index contributed by atoms with van der Waals surface area (Å²) in [4.78, 5) is 72.6. The van der Waals surface area contributed by atoms with Crippen LogP contribution in [0.25, 0.3) is 11.0 Å². The molecule has 1 heterocycles. The lowest BCUT2D eigenvalue weighted by molar-refractivity contribution is -0.117. The maximum absolute atomic E-state index is 15.2. The Bertz CT molecular complexity index is 2240. The lowest BCUT2D eigenvalue weighted by atomic mass is 9.96. The summed E-state index contributed by atoms with van der Waals surface area (Å²) in [6.07, 6.45) is 1.35. The average molecular weight is 715 g/mol. The Labute approximate surface area is 301 Å². The van der Waals surface area contributed by atoms with Crippen molar-refractivity contribution in [2.24, 2.45) is 0 Å². The van der Waals surface area contributed by atoms with Crippen molar-refractivity contribution in [2.45, 2.75) is 19.1 Å². The van der Waals surface area contributed by atoms with Gasteiger partial charge in [0, 0.05) is 17.8 Å². The third kappa shape index (κ3) is 8.78. The molecule has 1 atom stereocenters. The number of ether oxygens (including phenoxy) is 2. The van der Waals surface area contributed by atoms with Crippen LogP contribution < -0.4 is 10.6 Å². The first kappa shape index (κ1) is 35.7. The second-order valence-electron chi connectivity index (χ2n) is 11.8. The van der Waals surface area contributed by atoms with Crippen LogP contribution in [0.3, 0.4) is 0 Å². The number of hydrogen-bond acceptors (Lipinski definition) is 8. The van der Waals surface area contributed by atoms with Crippen molar-refractivity contribution in [3.8, 4) is 0 Å². The van der Waals surface area contributed by atoms with Gasteiger partial charge in [-0.2, -0.15) is 0 Å². The minimum Gasteiger partial charge on any atom is -0.478 e. The summed E-state index contributed by atoms with van der Waals surface area (Å²) in [6, 6.07) is 29.8. The van der Waals surface area contributed by atoms with Crippen molar-refractivity contribution in [3.05, 3.63) is 166 Å². The zero-order valence-electron chi connectivity index (χ0n) is 27.9. The molecule has 0 bridgehead atoms. The maximum atomic E-state index is 15.2. The van der Waals surface area contributed by atoms with Crippen LogP contribution in [0.15, 0.2) is 122 Å². The van der Waals surface area contributed by atoms with Crippen LogP contribution in [0.5, 0.6) is 0 Å². The molecule has 1 unspecified atom stereocenters. The van der Waals surface area contributed by atoms with Crippen LogP contribution in [-0.4, -0.2) is 51.3 Å². The summed E-state index contributed by atoms with van der Waals surface area (Å²) in [5.74, 6) is -6.69. The van der Waals surface area contributed by atoms with Crippen molar-refractivity contribution in [1.82, 2.24) is 15.3 Å². The van der Waals surface area contributed by atoms with Crippen LogP contribution in [0.1, 0.15) is 64.0 Å². The molecular weight excluding hydrogens is 683 g/mol. The molecule has 0 fully saturated rings. The van der Waals surface area contributed by atoms with E-state index >= 15 is 4.39 Å². The number of imidazole rings is 1. The van der Waals surface area contributed by atoms with E-state index in [1.54, 1.807) is 48.5 Å². The summed E-state index contributed by atoms with van der Waals surface area (Å²) < 4.78 is 26.1. The molecule has 0 spiro atoms. The van der Waals surface area contributed by atoms with E-state index in [0.717, 1.165) is 17.2 Å². The van der Waals surface area contributed by atoms with E-state index in [0.29, 0.717) is 11.0 Å². The number of fused-ring (bicyclic) bond motifs is 1. The highest BCUT2D eigenvalue weighted by atomic mass is 19.1. The Balaban J connectivity index is 1.27. The number of halogens is 1. The standard InChI is InChI=1S/C40H31FN4O8/c41-33-14-8-7-13-29(33)32(20-42-36(46)30-18-34-35(44-23-43-34)19-31(30)38(48)49)37(47)45-28-16-26(39(50)52-21-24-9-3-1-4-10-24)15-27(17-28)40(51)53-22-25-11-5-2-6-12-25/h1-19,23,32H,20-22H2,(H,42,46)(H,43,44)(H,45,47)(H,48,49). The number of aromatic carboxylic acids is 1. The molecule has 0 radical (unpaired) electrons. The molecule has 4 N–H and O–H groups in total. The van der Waals surface area contributed by atoms with Crippen molar-refractivity contribution in [2.75, 3.05) is 11.9 Å². The van der Waals surface area contributed by atoms with Crippen molar-refractivity contribution < 1.29 is 42.9 Å². The number of nitrogens with zero attached hydrogens (tertiary/aromatic N) is 1. The summed E-state index contributed by atoms with van der Waals surface area (Å²) in [5.41, 5.74) is 1.42. The first-order valence-corrected chi connectivity index (χ1v) is 16.3. The Kier molecular flexibility index (Phi) is 10.9. The highest BCUT2D eigenvalue weighted by Gasteiger charge is 2.27. The van der Waals surface area contributed by atoms with E-state index in [-0.39, 0.29) is 46.7 Å². The highest BCUT2D eigenvalue weighted by Crippen LogP contribution is 2.25. The zero-order chi connectivity index (χ0) is 37.3. The fraction of sp³-hybridized carbons (Fsp3) is 0.100. The fourth-order valence-electron chi connectivity index (χ4n) is 5.52. The van der Waals surface area contributed by atoms with Crippen LogP contribution >= 0.6 is 0 Å². The van der Waals surface area contributed by atoms with Crippen molar-refractivity contribution in [1.29, 1.82) is 0 Å². The number of hydrogen-bond donors (Lipinski definition) is 4. The van der Waals surface area contributed by atoms with Gasteiger partial charge in [-0.1, -0.05) is 78.9 Å². The number of aromatic amines is 1. The van der Waals surface area contributed by atoms with E-state index in [9.17, 15) is 29.1 Å². The quantitative estimate of drug-likeness (QED) is 0.101. The molecule has 0 aliphatic carbocycles.